The molecule has 288 valence electrons. The first-order valence-corrected chi connectivity index (χ1v) is 37.1. The van der Waals surface area contributed by atoms with Crippen LogP contribution in [-0.4, -0.2) is 44.6 Å². The fourth-order valence-corrected chi connectivity index (χ4v) is 19.2. The van der Waals surface area contributed by atoms with Crippen LogP contribution in [0.3, 0.4) is 0 Å². The van der Waals surface area contributed by atoms with Gasteiger partial charge in [-0.2, -0.15) is 0 Å². The zero-order chi connectivity index (χ0) is 40.1. The Labute approximate surface area is 334 Å². The van der Waals surface area contributed by atoms with Crippen LogP contribution in [-0.2, 0) is 0 Å². The molecule has 0 N–H and O–H groups in total. The maximum absolute atomic E-state index is 2.66. The van der Waals surface area contributed by atoms with Gasteiger partial charge >= 0.3 is 0 Å². The van der Waals surface area contributed by atoms with E-state index in [2.05, 4.69) is 200 Å². The van der Waals surface area contributed by atoms with Crippen molar-refractivity contribution in [3.8, 4) is 0 Å². The van der Waals surface area contributed by atoms with E-state index in [9.17, 15) is 0 Å². The van der Waals surface area contributed by atoms with Crippen LogP contribution in [0.2, 0.25) is 78.6 Å². The smallest absolute Gasteiger partial charge is 0.0656 e. The number of rotatable bonds is 12. The molecule has 0 atom stereocenters. The first-order valence-electron chi connectivity index (χ1n) is 20.1. The lowest BCUT2D eigenvalue weighted by Crippen LogP contribution is -2.42. The van der Waals surface area contributed by atoms with Crippen molar-refractivity contribution in [1.82, 2.24) is 0 Å². The number of benzene rings is 4. The van der Waals surface area contributed by atoms with Crippen LogP contribution >= 0.6 is 15.8 Å². The maximum atomic E-state index is 2.66. The molecule has 0 unspecified atom stereocenters. The zero-order valence-corrected chi connectivity index (χ0v) is 43.1. The van der Waals surface area contributed by atoms with Gasteiger partial charge in [-0.25, -0.2) is 0 Å². The molecule has 0 radical (unpaired) electrons. The molecule has 0 saturated carbocycles. The summed E-state index contributed by atoms with van der Waals surface area (Å²) in [5.74, 6) is 0.554. The summed E-state index contributed by atoms with van der Waals surface area (Å²) >= 11 is 0. The Balaban J connectivity index is 2.00. The SMILES string of the molecule is Cc1cc(P(CC(CP(c2cc(C)cc([Si](C)(C)C)c2)c2cc(C)cc([Si](C)(C)C)c2)C(C)(C)C)c2cc(C)cc([Si](C)(C)C)c2)cc([Si](C)(C)C)c1. The Morgan fingerprint density at radius 3 is 0.755 bits per heavy atom. The van der Waals surface area contributed by atoms with E-state index in [4.69, 9.17) is 0 Å². The summed E-state index contributed by atoms with van der Waals surface area (Å²) in [6.45, 7) is 47.2. The molecule has 0 bridgehead atoms. The van der Waals surface area contributed by atoms with Gasteiger partial charge in [0, 0.05) is 0 Å². The lowest BCUT2D eigenvalue weighted by atomic mass is 9.83. The third-order valence-electron chi connectivity index (χ3n) is 11.0. The fraction of sp³-hybridized carbons (Fsp3) is 0.489. The monoisotopic (exact) mass is 812 g/mol. The average Bonchev–Trinajstić information content (AvgIpc) is 2.97. The molecule has 0 fully saturated rings. The van der Waals surface area contributed by atoms with Crippen LogP contribution in [0.25, 0.3) is 0 Å². The highest BCUT2D eigenvalue weighted by Crippen LogP contribution is 2.47. The van der Waals surface area contributed by atoms with Gasteiger partial charge in [-0.3, -0.25) is 0 Å². The van der Waals surface area contributed by atoms with E-state index in [-0.39, 0.29) is 5.41 Å². The van der Waals surface area contributed by atoms with Crippen LogP contribution in [0.5, 0.6) is 0 Å². The quantitative estimate of drug-likeness (QED) is 0.0988. The summed E-state index contributed by atoms with van der Waals surface area (Å²) in [5.41, 5.74) is 5.87. The minimum Gasteiger partial charge on any atom is -0.0656 e. The van der Waals surface area contributed by atoms with E-state index in [0.717, 1.165) is 0 Å². The van der Waals surface area contributed by atoms with Crippen molar-refractivity contribution in [1.29, 1.82) is 0 Å². The molecule has 0 aliphatic heterocycles. The molecule has 6 heteroatoms. The molecule has 4 aromatic rings. The van der Waals surface area contributed by atoms with Gasteiger partial charge in [0.1, 0.15) is 0 Å². The molecule has 0 spiro atoms. The molecule has 4 rings (SSSR count). The van der Waals surface area contributed by atoms with Crippen LogP contribution < -0.4 is 42.0 Å². The molecule has 0 aliphatic carbocycles. The van der Waals surface area contributed by atoms with Gasteiger partial charge < -0.3 is 0 Å². The molecule has 0 saturated heterocycles. The molecule has 53 heavy (non-hydrogen) atoms. The minimum absolute atomic E-state index is 0.162. The van der Waals surface area contributed by atoms with Crippen molar-refractivity contribution in [3.63, 3.8) is 0 Å². The summed E-state index contributed by atoms with van der Waals surface area (Å²) in [6.07, 6.45) is 2.44. The fourth-order valence-electron chi connectivity index (χ4n) is 7.17. The van der Waals surface area contributed by atoms with Crippen molar-refractivity contribution in [3.05, 3.63) is 95.1 Å². The van der Waals surface area contributed by atoms with Crippen LogP contribution in [0.1, 0.15) is 43.0 Å². The van der Waals surface area contributed by atoms with E-state index in [1.165, 1.54) is 34.6 Å². The van der Waals surface area contributed by atoms with E-state index >= 15 is 0 Å². The Hall–Kier alpha value is -1.39. The summed E-state index contributed by atoms with van der Waals surface area (Å²) in [7, 11) is -7.20. The van der Waals surface area contributed by atoms with Gasteiger partial charge in [-0.15, -0.1) is 0 Å². The van der Waals surface area contributed by atoms with Crippen molar-refractivity contribution in [2.45, 2.75) is 127 Å². The van der Waals surface area contributed by atoms with Gasteiger partial charge in [-0.05, 0) is 88.4 Å². The molecule has 0 nitrogen and oxygen atoms in total. The molecule has 0 aromatic heterocycles. The lowest BCUT2D eigenvalue weighted by Gasteiger charge is -2.38. The second-order valence-electron chi connectivity index (χ2n) is 21.5. The second-order valence-corrected chi connectivity index (χ2v) is 46.3. The van der Waals surface area contributed by atoms with Gasteiger partial charge in [0.25, 0.3) is 0 Å². The normalized spacial score (nSPS) is 13.5. The van der Waals surface area contributed by atoms with E-state index in [0.29, 0.717) is 5.92 Å². The molecular weight excluding hydrogens is 739 g/mol. The van der Waals surface area contributed by atoms with Crippen molar-refractivity contribution in [2.75, 3.05) is 12.3 Å². The summed E-state index contributed by atoms with van der Waals surface area (Å²) < 4.78 is 0. The molecule has 0 amide bonds. The topological polar surface area (TPSA) is 0 Å². The number of aryl methyl sites for hydroxylation is 4. The average molecular weight is 813 g/mol. The van der Waals surface area contributed by atoms with Crippen LogP contribution in [0.15, 0.2) is 72.8 Å². The zero-order valence-electron chi connectivity index (χ0n) is 37.3. The predicted octanol–water partition coefficient (Wildman–Crippen LogP) is 10.3. The highest BCUT2D eigenvalue weighted by atomic mass is 31.1. The first kappa shape index (κ1) is 44.3. The Kier molecular flexibility index (Phi) is 13.6. The van der Waals surface area contributed by atoms with Crippen molar-refractivity contribution < 1.29 is 0 Å². The lowest BCUT2D eigenvalue weighted by molar-refractivity contribution is 0.292. The van der Waals surface area contributed by atoms with Gasteiger partial charge in [0.15, 0.2) is 0 Å². The summed E-state index contributed by atoms with van der Waals surface area (Å²) in [6, 6.07) is 30.9. The summed E-state index contributed by atoms with van der Waals surface area (Å²) in [5, 5.41) is 12.8. The molecular formula is C47H74P2Si4. The molecule has 0 heterocycles. The van der Waals surface area contributed by atoms with Crippen LogP contribution in [0, 0.1) is 39.0 Å². The van der Waals surface area contributed by atoms with Gasteiger partial charge in [0.2, 0.25) is 0 Å². The Morgan fingerprint density at radius 2 is 0.585 bits per heavy atom. The highest BCUT2D eigenvalue weighted by Gasteiger charge is 2.34. The first-order chi connectivity index (χ1) is 24.0. The third-order valence-corrected chi connectivity index (χ3v) is 24.2. The number of hydrogen-bond donors (Lipinski definition) is 0. The Bertz CT molecular complexity index is 1650. The van der Waals surface area contributed by atoms with E-state index < -0.39 is 48.1 Å². The molecule has 4 aromatic carbocycles. The maximum Gasteiger partial charge on any atom is 0.0776 e. The largest absolute Gasteiger partial charge is 0.0776 e. The van der Waals surface area contributed by atoms with E-state index in [1.54, 1.807) is 42.0 Å². The number of hydrogen-bond acceptors (Lipinski definition) is 0. The minimum atomic E-state index is -1.51. The third kappa shape index (κ3) is 11.8. The Morgan fingerprint density at radius 1 is 0.377 bits per heavy atom. The summed E-state index contributed by atoms with van der Waals surface area (Å²) in [4.78, 5) is 0. The van der Waals surface area contributed by atoms with E-state index in [1.807, 2.05) is 0 Å². The second kappa shape index (κ2) is 16.2. The predicted molar refractivity (Wildman–Crippen MR) is 262 cm³/mol. The molecule has 0 aliphatic rings. The van der Waals surface area contributed by atoms with Crippen molar-refractivity contribution in [2.24, 2.45) is 11.3 Å². The highest BCUT2D eigenvalue weighted by molar-refractivity contribution is 7.74. The van der Waals surface area contributed by atoms with Crippen molar-refractivity contribution >= 4 is 90.1 Å². The van der Waals surface area contributed by atoms with Gasteiger partial charge in [-0.1, -0.05) is 215 Å². The standard InChI is InChI=1S/C47H74P2Si4/c1-34-20-39(28-43(24-34)50(8,9)10)48(40-21-35(2)25-44(29-40)51(11,12)13)32-38(47(5,6)7)33-49(41-22-36(3)26-45(30-41)52(14,15)16)42-23-37(4)27-46(31-42)53(17,18)19/h20-31,38H,32-33H2,1-19H3. The van der Waals surface area contributed by atoms with Gasteiger partial charge in [0.05, 0.1) is 32.3 Å². The van der Waals surface area contributed by atoms with Crippen LogP contribution in [0.4, 0.5) is 0 Å².